The maximum absolute atomic E-state index is 8.83. The molecule has 0 radical (unpaired) electrons. The Morgan fingerprint density at radius 3 is 2.94 bits per heavy atom. The van der Waals surface area contributed by atoms with Gasteiger partial charge in [-0.15, -0.1) is 0 Å². The fraction of sp³-hybridized carbons (Fsp3) is 0.667. The minimum Gasteiger partial charge on any atom is -0.476 e. The Morgan fingerprint density at radius 1 is 1.50 bits per heavy atom. The molecule has 6 nitrogen and oxygen atoms in total. The molecule has 0 saturated heterocycles. The molecule has 0 saturated carbocycles. The molecule has 0 aliphatic heterocycles. The van der Waals surface area contributed by atoms with Gasteiger partial charge >= 0.3 is 0 Å². The summed E-state index contributed by atoms with van der Waals surface area (Å²) in [6, 6.07) is 0. The van der Waals surface area contributed by atoms with Crippen molar-refractivity contribution in [3.8, 4) is 5.88 Å². The van der Waals surface area contributed by atoms with Crippen LogP contribution in [0, 0.1) is 5.92 Å². The number of ether oxygens (including phenoxy) is 1. The molecule has 1 unspecified atom stereocenters. The van der Waals surface area contributed by atoms with Gasteiger partial charge in [0.05, 0.1) is 6.61 Å². The van der Waals surface area contributed by atoms with E-state index in [4.69, 9.17) is 15.6 Å². The number of hydrogen-bond donors (Lipinski definition) is 3. The molecule has 1 atom stereocenters. The zero-order valence-electron chi connectivity index (χ0n) is 11.0. The van der Waals surface area contributed by atoms with Crippen LogP contribution in [0.4, 0.5) is 11.5 Å². The molecular weight excluding hydrogens is 232 g/mol. The van der Waals surface area contributed by atoms with E-state index in [-0.39, 0.29) is 6.61 Å². The third-order valence-corrected chi connectivity index (χ3v) is 2.53. The number of rotatable bonds is 8. The summed E-state index contributed by atoms with van der Waals surface area (Å²) in [5, 5.41) is 12.0. The van der Waals surface area contributed by atoms with Gasteiger partial charge in [-0.2, -0.15) is 4.98 Å². The first-order valence-electron chi connectivity index (χ1n) is 6.27. The van der Waals surface area contributed by atoms with Crippen molar-refractivity contribution in [2.24, 2.45) is 5.92 Å². The van der Waals surface area contributed by atoms with Gasteiger partial charge in [0.1, 0.15) is 12.0 Å². The highest BCUT2D eigenvalue weighted by Gasteiger charge is 2.10. The van der Waals surface area contributed by atoms with E-state index in [1.165, 1.54) is 6.33 Å². The van der Waals surface area contributed by atoms with E-state index in [0.29, 0.717) is 36.5 Å². The molecule has 102 valence electrons. The molecule has 0 spiro atoms. The predicted molar refractivity (Wildman–Crippen MR) is 71.6 cm³/mol. The Balaban J connectivity index is 2.60. The molecular formula is C12H22N4O2. The fourth-order valence-corrected chi connectivity index (χ4v) is 1.43. The molecule has 18 heavy (non-hydrogen) atoms. The minimum atomic E-state index is 0.187. The first kappa shape index (κ1) is 14.5. The van der Waals surface area contributed by atoms with Crippen LogP contribution in [0.1, 0.15) is 26.7 Å². The van der Waals surface area contributed by atoms with E-state index in [1.807, 2.05) is 6.92 Å². The molecule has 6 heteroatoms. The third-order valence-electron chi connectivity index (χ3n) is 2.53. The number of hydrogen-bond acceptors (Lipinski definition) is 6. The van der Waals surface area contributed by atoms with E-state index in [0.717, 1.165) is 12.8 Å². The highest BCUT2D eigenvalue weighted by Crippen LogP contribution is 2.24. The number of anilines is 2. The van der Waals surface area contributed by atoms with Crippen LogP contribution in [-0.4, -0.2) is 34.8 Å². The Labute approximate surface area is 108 Å². The number of nitrogens with zero attached hydrogens (tertiary/aromatic N) is 2. The van der Waals surface area contributed by atoms with Gasteiger partial charge in [0.15, 0.2) is 5.82 Å². The first-order chi connectivity index (χ1) is 8.69. The van der Waals surface area contributed by atoms with E-state index >= 15 is 0 Å². The van der Waals surface area contributed by atoms with Gasteiger partial charge < -0.3 is 20.9 Å². The molecule has 1 heterocycles. The Kier molecular flexibility index (Phi) is 6.21. The number of aliphatic hydroxyl groups excluding tert-OH is 1. The fourth-order valence-electron chi connectivity index (χ4n) is 1.43. The second kappa shape index (κ2) is 7.71. The number of nitrogens with two attached hydrogens (primary N) is 1. The smallest absolute Gasteiger partial charge is 0.242 e. The van der Waals surface area contributed by atoms with Crippen molar-refractivity contribution < 1.29 is 9.84 Å². The number of nitrogens with one attached hydrogen (secondary N) is 1. The standard InChI is InChI=1S/C12H22N4O2/c1-3-6-18-12-10(13)11(15-8-16-12)14-7-9(2)4-5-17/h8-9,17H,3-7,13H2,1-2H3,(H,14,15,16). The average molecular weight is 254 g/mol. The van der Waals surface area contributed by atoms with Crippen LogP contribution in [-0.2, 0) is 0 Å². The van der Waals surface area contributed by atoms with Crippen LogP contribution in [0.5, 0.6) is 5.88 Å². The average Bonchev–Trinajstić information content (AvgIpc) is 2.36. The molecule has 0 bridgehead atoms. The summed E-state index contributed by atoms with van der Waals surface area (Å²) >= 11 is 0. The van der Waals surface area contributed by atoms with Gasteiger partial charge in [-0.1, -0.05) is 13.8 Å². The summed E-state index contributed by atoms with van der Waals surface area (Å²) < 4.78 is 5.42. The summed E-state index contributed by atoms with van der Waals surface area (Å²) in [5.41, 5.74) is 6.35. The van der Waals surface area contributed by atoms with Gasteiger partial charge in [0.2, 0.25) is 5.88 Å². The largest absolute Gasteiger partial charge is 0.476 e. The first-order valence-corrected chi connectivity index (χ1v) is 6.27. The topological polar surface area (TPSA) is 93.3 Å². The molecule has 1 aromatic heterocycles. The lowest BCUT2D eigenvalue weighted by atomic mass is 10.1. The Hall–Kier alpha value is -1.56. The summed E-state index contributed by atoms with van der Waals surface area (Å²) in [6.07, 6.45) is 3.08. The molecule has 0 aromatic carbocycles. The summed E-state index contributed by atoms with van der Waals surface area (Å²) in [5.74, 6) is 1.36. The molecule has 0 amide bonds. The van der Waals surface area contributed by atoms with Gasteiger partial charge in [0.25, 0.3) is 0 Å². The van der Waals surface area contributed by atoms with E-state index in [9.17, 15) is 0 Å². The highest BCUT2D eigenvalue weighted by atomic mass is 16.5. The zero-order chi connectivity index (χ0) is 13.4. The summed E-state index contributed by atoms with van der Waals surface area (Å²) in [4.78, 5) is 8.09. The molecule has 4 N–H and O–H groups in total. The Bertz CT molecular complexity index is 360. The normalized spacial score (nSPS) is 12.2. The van der Waals surface area contributed by atoms with Crippen molar-refractivity contribution in [3.63, 3.8) is 0 Å². The molecule has 0 aliphatic carbocycles. The number of nitrogen functional groups attached to an aromatic ring is 1. The lowest BCUT2D eigenvalue weighted by Gasteiger charge is -2.14. The SMILES string of the molecule is CCCOc1ncnc(NCC(C)CCO)c1N. The van der Waals surface area contributed by atoms with Crippen LogP contribution in [0.2, 0.25) is 0 Å². The van der Waals surface area contributed by atoms with Gasteiger partial charge in [-0.05, 0) is 18.8 Å². The van der Waals surface area contributed by atoms with Gasteiger partial charge in [-0.3, -0.25) is 0 Å². The van der Waals surface area contributed by atoms with Crippen molar-refractivity contribution in [2.75, 3.05) is 30.8 Å². The van der Waals surface area contributed by atoms with Gasteiger partial charge in [-0.25, -0.2) is 4.98 Å². The summed E-state index contributed by atoms with van der Waals surface area (Å²) in [6.45, 7) is 5.55. The maximum atomic E-state index is 8.83. The third kappa shape index (κ3) is 4.37. The van der Waals surface area contributed by atoms with Gasteiger partial charge in [0, 0.05) is 13.2 Å². The van der Waals surface area contributed by atoms with E-state index in [1.54, 1.807) is 0 Å². The second-order valence-electron chi connectivity index (χ2n) is 4.29. The van der Waals surface area contributed by atoms with Crippen LogP contribution in [0.15, 0.2) is 6.33 Å². The van der Waals surface area contributed by atoms with Crippen molar-refractivity contribution in [1.82, 2.24) is 9.97 Å². The second-order valence-corrected chi connectivity index (χ2v) is 4.29. The number of aliphatic hydroxyl groups is 1. The lowest BCUT2D eigenvalue weighted by molar-refractivity contribution is 0.265. The van der Waals surface area contributed by atoms with Crippen LogP contribution in [0.25, 0.3) is 0 Å². The predicted octanol–water partition coefficient (Wildman–Crippen LogP) is 1.28. The van der Waals surface area contributed by atoms with Crippen molar-refractivity contribution in [2.45, 2.75) is 26.7 Å². The minimum absolute atomic E-state index is 0.187. The van der Waals surface area contributed by atoms with Crippen molar-refractivity contribution in [3.05, 3.63) is 6.33 Å². The quantitative estimate of drug-likeness (QED) is 0.647. The number of aromatic nitrogens is 2. The Morgan fingerprint density at radius 2 is 2.28 bits per heavy atom. The maximum Gasteiger partial charge on any atom is 0.242 e. The van der Waals surface area contributed by atoms with Crippen LogP contribution in [0.3, 0.4) is 0 Å². The monoisotopic (exact) mass is 254 g/mol. The molecule has 1 aromatic rings. The molecule has 1 rings (SSSR count). The molecule has 0 fully saturated rings. The van der Waals surface area contributed by atoms with E-state index in [2.05, 4.69) is 22.2 Å². The van der Waals surface area contributed by atoms with E-state index < -0.39 is 0 Å². The van der Waals surface area contributed by atoms with Crippen LogP contribution >= 0.6 is 0 Å². The van der Waals surface area contributed by atoms with Crippen molar-refractivity contribution >= 4 is 11.5 Å². The van der Waals surface area contributed by atoms with Crippen molar-refractivity contribution in [1.29, 1.82) is 0 Å². The zero-order valence-corrected chi connectivity index (χ0v) is 11.0. The highest BCUT2D eigenvalue weighted by molar-refractivity contribution is 5.66. The lowest BCUT2D eigenvalue weighted by Crippen LogP contribution is -2.15. The summed E-state index contributed by atoms with van der Waals surface area (Å²) in [7, 11) is 0. The van der Waals surface area contributed by atoms with Crippen LogP contribution < -0.4 is 15.8 Å². The molecule has 0 aliphatic rings.